The van der Waals surface area contributed by atoms with Crippen molar-refractivity contribution in [1.82, 2.24) is 25.9 Å². The monoisotopic (exact) mass is 499 g/mol. The molecule has 1 heterocycles. The van der Waals surface area contributed by atoms with E-state index in [1.54, 1.807) is 0 Å². The Balaban J connectivity index is 1.41. The van der Waals surface area contributed by atoms with E-state index >= 15 is 0 Å². The number of aromatic nitrogens is 4. The lowest BCUT2D eigenvalue weighted by molar-refractivity contribution is 0.333. The van der Waals surface area contributed by atoms with Crippen molar-refractivity contribution in [3.63, 3.8) is 0 Å². The van der Waals surface area contributed by atoms with E-state index in [1.807, 2.05) is 84.9 Å². The van der Waals surface area contributed by atoms with Crippen molar-refractivity contribution in [2.75, 3.05) is 0 Å². The molecule has 0 fully saturated rings. The Bertz CT molecular complexity index is 1470. The van der Waals surface area contributed by atoms with Crippen molar-refractivity contribution in [3.05, 3.63) is 114 Å². The van der Waals surface area contributed by atoms with Gasteiger partial charge < -0.3 is 9.79 Å². The highest BCUT2D eigenvalue weighted by Crippen LogP contribution is 2.43. The minimum absolute atomic E-state index is 0.146. The van der Waals surface area contributed by atoms with Gasteiger partial charge >= 0.3 is 7.60 Å². The molecule has 0 amide bonds. The third-order valence-electron chi connectivity index (χ3n) is 6.27. The van der Waals surface area contributed by atoms with Crippen LogP contribution in [0.3, 0.4) is 0 Å². The predicted molar refractivity (Wildman–Crippen MR) is 139 cm³/mol. The van der Waals surface area contributed by atoms with Crippen LogP contribution in [-0.2, 0) is 17.4 Å². The molecule has 0 bridgehead atoms. The van der Waals surface area contributed by atoms with Crippen LogP contribution in [0.1, 0.15) is 23.0 Å². The maximum atomic E-state index is 12.6. The van der Waals surface area contributed by atoms with E-state index < -0.39 is 19.4 Å². The summed E-state index contributed by atoms with van der Waals surface area (Å²) in [5, 5.41) is 19.5. The molecule has 0 saturated carbocycles. The van der Waals surface area contributed by atoms with Crippen LogP contribution in [0.25, 0.3) is 21.9 Å². The van der Waals surface area contributed by atoms with Crippen LogP contribution in [-0.4, -0.2) is 36.2 Å². The molecule has 0 saturated heterocycles. The van der Waals surface area contributed by atoms with Crippen LogP contribution < -0.4 is 5.32 Å². The Morgan fingerprint density at radius 1 is 0.806 bits per heavy atom. The molecule has 0 aliphatic rings. The van der Waals surface area contributed by atoms with Gasteiger partial charge in [-0.3, -0.25) is 9.88 Å². The summed E-state index contributed by atoms with van der Waals surface area (Å²) in [7, 11) is -4.52. The van der Waals surface area contributed by atoms with Gasteiger partial charge in [0.15, 0.2) is 5.82 Å². The molecule has 36 heavy (non-hydrogen) atoms. The zero-order chi connectivity index (χ0) is 25.0. The maximum Gasteiger partial charge on any atom is 0.342 e. The van der Waals surface area contributed by atoms with E-state index in [9.17, 15) is 14.4 Å². The summed E-state index contributed by atoms with van der Waals surface area (Å²) in [4.78, 5) is 20.5. The maximum absolute atomic E-state index is 12.6. The van der Waals surface area contributed by atoms with Crippen molar-refractivity contribution in [2.45, 2.75) is 24.7 Å². The summed E-state index contributed by atoms with van der Waals surface area (Å²) in [5.41, 5.74) is 4.04. The van der Waals surface area contributed by atoms with Crippen molar-refractivity contribution in [1.29, 1.82) is 0 Å². The van der Waals surface area contributed by atoms with Crippen LogP contribution in [0.4, 0.5) is 0 Å². The highest BCUT2D eigenvalue weighted by Gasteiger charge is 2.33. The Morgan fingerprint density at radius 3 is 2.22 bits per heavy atom. The second-order valence-electron chi connectivity index (χ2n) is 8.70. The van der Waals surface area contributed by atoms with Gasteiger partial charge in [-0.25, -0.2) is 0 Å². The summed E-state index contributed by atoms with van der Waals surface area (Å²) < 4.78 is 12.6. The highest BCUT2D eigenvalue weighted by atomic mass is 31.2. The van der Waals surface area contributed by atoms with Gasteiger partial charge in [-0.1, -0.05) is 102 Å². The molecule has 8 nitrogen and oxygen atoms in total. The highest BCUT2D eigenvalue weighted by molar-refractivity contribution is 7.52. The van der Waals surface area contributed by atoms with Gasteiger partial charge in [0.05, 0.1) is 6.04 Å². The summed E-state index contributed by atoms with van der Waals surface area (Å²) in [6, 6.07) is 31.2. The first-order valence-electron chi connectivity index (χ1n) is 11.6. The number of aromatic amines is 1. The molecule has 5 aromatic rings. The van der Waals surface area contributed by atoms with E-state index in [4.69, 9.17) is 0 Å². The first-order chi connectivity index (χ1) is 17.5. The number of nitrogens with one attached hydrogen (secondary N) is 2. The molecule has 0 spiro atoms. The fourth-order valence-corrected chi connectivity index (χ4v) is 5.24. The topological polar surface area (TPSA) is 124 Å². The largest absolute Gasteiger partial charge is 0.342 e. The quantitative estimate of drug-likeness (QED) is 0.218. The zero-order valence-electron chi connectivity index (χ0n) is 19.4. The molecule has 9 heteroatoms. The SMILES string of the molecule is O=P(O)(O)C(Cc1cccc2ccccc12)N[C@@H](Cc1ccc(-c2ccccc2)cc1)c1nn[nH]n1. The molecule has 1 aromatic heterocycles. The molecule has 0 aliphatic carbocycles. The first-order valence-corrected chi connectivity index (χ1v) is 13.3. The summed E-state index contributed by atoms with van der Waals surface area (Å²) in [6.45, 7) is 0. The lowest BCUT2D eigenvalue weighted by Gasteiger charge is -2.25. The smallest absolute Gasteiger partial charge is 0.323 e. The van der Waals surface area contributed by atoms with E-state index in [1.165, 1.54) is 0 Å². The summed E-state index contributed by atoms with van der Waals surface area (Å²) in [6.07, 6.45) is 0.577. The molecule has 2 atom stereocenters. The van der Waals surface area contributed by atoms with Crippen LogP contribution in [0.2, 0.25) is 0 Å². The number of nitrogens with zero attached hydrogens (tertiary/aromatic N) is 3. The molecule has 1 unspecified atom stereocenters. The van der Waals surface area contributed by atoms with Crippen LogP contribution in [0, 0.1) is 0 Å². The lowest BCUT2D eigenvalue weighted by atomic mass is 9.99. The number of hydrogen-bond donors (Lipinski definition) is 4. The van der Waals surface area contributed by atoms with Gasteiger partial charge in [0.2, 0.25) is 0 Å². The first kappa shape index (κ1) is 24.0. The van der Waals surface area contributed by atoms with Crippen molar-refractivity contribution < 1.29 is 14.4 Å². The lowest BCUT2D eigenvalue weighted by Crippen LogP contribution is -2.36. The second kappa shape index (κ2) is 10.5. The molecule has 0 radical (unpaired) electrons. The van der Waals surface area contributed by atoms with Gasteiger partial charge in [-0.2, -0.15) is 5.21 Å². The second-order valence-corrected chi connectivity index (χ2v) is 10.5. The predicted octanol–water partition coefficient (Wildman–Crippen LogP) is 4.64. The molecule has 4 aromatic carbocycles. The van der Waals surface area contributed by atoms with Crippen LogP contribution in [0.5, 0.6) is 0 Å². The number of rotatable bonds is 9. The number of tetrazole rings is 1. The van der Waals surface area contributed by atoms with Crippen molar-refractivity contribution in [3.8, 4) is 11.1 Å². The average molecular weight is 500 g/mol. The molecule has 182 valence electrons. The Labute approximate surface area is 208 Å². The number of benzene rings is 4. The fraction of sp³-hybridized carbons (Fsp3) is 0.148. The van der Waals surface area contributed by atoms with Gasteiger partial charge in [0, 0.05) is 0 Å². The molecular formula is C27H26N5O3P. The molecule has 4 N–H and O–H groups in total. The summed E-state index contributed by atoms with van der Waals surface area (Å²) >= 11 is 0. The Hall–Kier alpha value is -3.68. The van der Waals surface area contributed by atoms with Crippen molar-refractivity contribution >= 4 is 18.4 Å². The molecular weight excluding hydrogens is 473 g/mol. The standard InChI is InChI=1S/C27H26N5O3P/c33-36(34,35)26(18-23-11-6-10-22-9-4-5-12-24(22)23)28-25(27-29-31-32-30-27)17-19-13-15-21(16-14-19)20-7-2-1-3-8-20/h1-16,25-26,28H,17-18H2,(H2,33,34,35)(H,29,30,31,32)/t25-,26?/m0/s1. The van der Waals surface area contributed by atoms with E-state index in [0.717, 1.165) is 33.0 Å². The van der Waals surface area contributed by atoms with Gasteiger partial charge in [0.25, 0.3) is 0 Å². The van der Waals surface area contributed by atoms with Crippen molar-refractivity contribution in [2.24, 2.45) is 0 Å². The minimum Gasteiger partial charge on any atom is -0.323 e. The fourth-order valence-electron chi connectivity index (χ4n) is 4.43. The average Bonchev–Trinajstić information content (AvgIpc) is 3.43. The van der Waals surface area contributed by atoms with Gasteiger partial charge in [-0.05, 0) is 45.9 Å². The van der Waals surface area contributed by atoms with E-state index in [-0.39, 0.29) is 6.42 Å². The Kier molecular flexibility index (Phi) is 7.02. The summed E-state index contributed by atoms with van der Waals surface area (Å²) in [5.74, 6) is -0.783. The number of H-pyrrole nitrogens is 1. The molecule has 5 rings (SSSR count). The van der Waals surface area contributed by atoms with Crippen LogP contribution >= 0.6 is 7.60 Å². The molecule has 0 aliphatic heterocycles. The van der Waals surface area contributed by atoms with Gasteiger partial charge in [-0.15, -0.1) is 10.2 Å². The van der Waals surface area contributed by atoms with Crippen LogP contribution in [0.15, 0.2) is 97.1 Å². The number of hydrogen-bond acceptors (Lipinski definition) is 5. The third kappa shape index (κ3) is 5.58. The van der Waals surface area contributed by atoms with E-state index in [0.29, 0.717) is 12.2 Å². The van der Waals surface area contributed by atoms with Gasteiger partial charge in [0.1, 0.15) is 5.78 Å². The minimum atomic E-state index is -4.52. The third-order valence-corrected chi connectivity index (χ3v) is 7.41. The normalized spacial score (nSPS) is 13.5. The zero-order valence-corrected chi connectivity index (χ0v) is 20.3. The number of fused-ring (bicyclic) bond motifs is 1. The van der Waals surface area contributed by atoms with E-state index in [2.05, 4.69) is 38.1 Å². The Morgan fingerprint density at radius 2 is 1.50 bits per heavy atom.